The molecule has 0 spiro atoms. The molecule has 1 amide bonds. The number of fused-ring (bicyclic) bond motifs is 1. The SMILES string of the molecule is Cc1ccccc1S(=O)(=O)c1c(C(=O)N2CCOCC2)cnc2ccc(F)cc12. The van der Waals surface area contributed by atoms with Crippen LogP contribution in [0.15, 0.2) is 58.5 Å². The fourth-order valence-electron chi connectivity index (χ4n) is 3.49. The van der Waals surface area contributed by atoms with Crippen LogP contribution in [0, 0.1) is 12.7 Å². The summed E-state index contributed by atoms with van der Waals surface area (Å²) in [6.07, 6.45) is 1.27. The number of hydrogen-bond acceptors (Lipinski definition) is 5. The zero-order valence-corrected chi connectivity index (χ0v) is 16.6. The van der Waals surface area contributed by atoms with Crippen LogP contribution in [0.5, 0.6) is 0 Å². The monoisotopic (exact) mass is 414 g/mol. The van der Waals surface area contributed by atoms with Gasteiger partial charge in [0.25, 0.3) is 5.91 Å². The molecule has 1 fully saturated rings. The predicted molar refractivity (Wildman–Crippen MR) is 105 cm³/mol. The highest BCUT2D eigenvalue weighted by molar-refractivity contribution is 7.91. The first kappa shape index (κ1) is 19.5. The third-order valence-electron chi connectivity index (χ3n) is 4.96. The van der Waals surface area contributed by atoms with Crippen molar-refractivity contribution in [2.75, 3.05) is 26.3 Å². The van der Waals surface area contributed by atoms with Crippen molar-refractivity contribution in [3.63, 3.8) is 0 Å². The number of carbonyl (C=O) groups excluding carboxylic acids is 1. The molecule has 6 nitrogen and oxygen atoms in total. The number of aryl methyl sites for hydroxylation is 1. The molecular formula is C21H19FN2O4S. The third kappa shape index (κ3) is 3.49. The highest BCUT2D eigenvalue weighted by atomic mass is 32.2. The summed E-state index contributed by atoms with van der Waals surface area (Å²) in [5, 5.41) is 0.0902. The Balaban J connectivity index is 2.00. The summed E-state index contributed by atoms with van der Waals surface area (Å²) in [5.41, 5.74) is 0.781. The van der Waals surface area contributed by atoms with Crippen molar-refractivity contribution >= 4 is 26.6 Å². The molecule has 1 aliphatic heterocycles. The van der Waals surface area contributed by atoms with Crippen molar-refractivity contribution in [1.82, 2.24) is 9.88 Å². The normalized spacial score (nSPS) is 14.9. The van der Waals surface area contributed by atoms with Gasteiger partial charge >= 0.3 is 0 Å². The van der Waals surface area contributed by atoms with Crippen molar-refractivity contribution in [1.29, 1.82) is 0 Å². The third-order valence-corrected chi connectivity index (χ3v) is 6.98. The lowest BCUT2D eigenvalue weighted by atomic mass is 10.1. The molecule has 2 heterocycles. The minimum atomic E-state index is -4.11. The average molecular weight is 414 g/mol. The van der Waals surface area contributed by atoms with Crippen LogP contribution < -0.4 is 0 Å². The number of aromatic nitrogens is 1. The smallest absolute Gasteiger partial charge is 0.256 e. The van der Waals surface area contributed by atoms with Gasteiger partial charge in [0.05, 0.1) is 34.1 Å². The van der Waals surface area contributed by atoms with E-state index in [4.69, 9.17) is 4.74 Å². The number of pyridine rings is 1. The standard InChI is InChI=1S/C21H19FN2O4S/c1-14-4-2-3-5-19(14)29(26,27)20-16-12-15(22)6-7-18(16)23-13-17(20)21(25)24-8-10-28-11-9-24/h2-7,12-13H,8-11H2,1H3. The number of halogens is 1. The number of benzene rings is 2. The zero-order chi connectivity index (χ0) is 20.6. The molecule has 1 aromatic heterocycles. The predicted octanol–water partition coefficient (Wildman–Crippen LogP) is 2.99. The van der Waals surface area contributed by atoms with Gasteiger partial charge in [0.2, 0.25) is 9.84 Å². The minimum Gasteiger partial charge on any atom is -0.378 e. The van der Waals surface area contributed by atoms with Gasteiger partial charge in [-0.25, -0.2) is 12.8 Å². The van der Waals surface area contributed by atoms with E-state index in [-0.39, 0.29) is 20.7 Å². The van der Waals surface area contributed by atoms with Crippen LogP contribution in [-0.4, -0.2) is 50.5 Å². The van der Waals surface area contributed by atoms with Crippen LogP contribution >= 0.6 is 0 Å². The van der Waals surface area contributed by atoms with Crippen molar-refractivity contribution in [3.8, 4) is 0 Å². The van der Waals surface area contributed by atoms with Crippen LogP contribution in [0.4, 0.5) is 4.39 Å². The molecule has 4 rings (SSSR count). The summed E-state index contributed by atoms with van der Waals surface area (Å²) in [6, 6.07) is 10.3. The summed E-state index contributed by atoms with van der Waals surface area (Å²) >= 11 is 0. The van der Waals surface area contributed by atoms with E-state index in [0.29, 0.717) is 37.4 Å². The molecule has 8 heteroatoms. The van der Waals surface area contributed by atoms with Crippen LogP contribution in [0.1, 0.15) is 15.9 Å². The molecule has 0 atom stereocenters. The maximum atomic E-state index is 14.0. The lowest BCUT2D eigenvalue weighted by molar-refractivity contribution is 0.0300. The molecule has 3 aromatic rings. The van der Waals surface area contributed by atoms with Crippen molar-refractivity contribution in [2.45, 2.75) is 16.7 Å². The van der Waals surface area contributed by atoms with Gasteiger partial charge in [-0.1, -0.05) is 18.2 Å². The number of sulfone groups is 1. The van der Waals surface area contributed by atoms with E-state index in [9.17, 15) is 17.6 Å². The van der Waals surface area contributed by atoms with Gasteiger partial charge in [0.1, 0.15) is 5.82 Å². The van der Waals surface area contributed by atoms with Crippen molar-refractivity contribution < 1.29 is 22.3 Å². The Morgan fingerprint density at radius 3 is 2.59 bits per heavy atom. The van der Waals surface area contributed by atoms with E-state index in [1.165, 1.54) is 29.3 Å². The number of rotatable bonds is 3. The molecule has 0 aliphatic carbocycles. The highest BCUT2D eigenvalue weighted by Gasteiger charge is 2.31. The van der Waals surface area contributed by atoms with E-state index in [1.807, 2.05) is 0 Å². The molecule has 0 saturated carbocycles. The summed E-state index contributed by atoms with van der Waals surface area (Å²) in [4.78, 5) is 18.8. The van der Waals surface area contributed by atoms with Gasteiger partial charge < -0.3 is 9.64 Å². The molecule has 2 aromatic carbocycles. The molecular weight excluding hydrogens is 395 g/mol. The maximum absolute atomic E-state index is 14.0. The Labute approximate surface area is 167 Å². The first-order valence-electron chi connectivity index (χ1n) is 9.15. The molecule has 1 aliphatic rings. The Morgan fingerprint density at radius 1 is 1.14 bits per heavy atom. The number of amides is 1. The van der Waals surface area contributed by atoms with Gasteiger partial charge in [0.15, 0.2) is 0 Å². The first-order valence-corrected chi connectivity index (χ1v) is 10.6. The van der Waals surface area contributed by atoms with Crippen molar-refractivity contribution in [3.05, 3.63) is 65.6 Å². The van der Waals surface area contributed by atoms with E-state index >= 15 is 0 Å². The lowest BCUT2D eigenvalue weighted by Crippen LogP contribution is -2.41. The van der Waals surface area contributed by atoms with E-state index in [1.54, 1.807) is 25.1 Å². The summed E-state index contributed by atoms with van der Waals surface area (Å²) in [6.45, 7) is 3.14. The second-order valence-electron chi connectivity index (χ2n) is 6.84. The summed E-state index contributed by atoms with van der Waals surface area (Å²) in [5.74, 6) is -1.06. The maximum Gasteiger partial charge on any atom is 0.256 e. The van der Waals surface area contributed by atoms with Crippen LogP contribution in [0.25, 0.3) is 10.9 Å². The van der Waals surface area contributed by atoms with E-state index in [2.05, 4.69) is 4.98 Å². The lowest BCUT2D eigenvalue weighted by Gasteiger charge is -2.27. The zero-order valence-electron chi connectivity index (χ0n) is 15.8. The van der Waals surface area contributed by atoms with Crippen LogP contribution in [-0.2, 0) is 14.6 Å². The molecule has 0 unspecified atom stereocenters. The van der Waals surface area contributed by atoms with Crippen LogP contribution in [0.2, 0.25) is 0 Å². The fraction of sp³-hybridized carbons (Fsp3) is 0.238. The van der Waals surface area contributed by atoms with Gasteiger partial charge in [0, 0.05) is 24.7 Å². The molecule has 0 bridgehead atoms. The van der Waals surface area contributed by atoms with Gasteiger partial charge in [-0.05, 0) is 36.8 Å². The highest BCUT2D eigenvalue weighted by Crippen LogP contribution is 2.33. The minimum absolute atomic E-state index is 0.0618. The second-order valence-corrected chi connectivity index (χ2v) is 8.69. The quantitative estimate of drug-likeness (QED) is 0.659. The number of carbonyl (C=O) groups is 1. The number of ether oxygens (including phenoxy) is 1. The topological polar surface area (TPSA) is 76.6 Å². The van der Waals surface area contributed by atoms with Gasteiger partial charge in [-0.15, -0.1) is 0 Å². The number of nitrogens with zero attached hydrogens (tertiary/aromatic N) is 2. The Kier molecular flexibility index (Phi) is 5.06. The van der Waals surface area contributed by atoms with E-state index in [0.717, 1.165) is 6.07 Å². The van der Waals surface area contributed by atoms with Gasteiger partial charge in [-0.3, -0.25) is 9.78 Å². The molecule has 1 saturated heterocycles. The molecule has 0 radical (unpaired) electrons. The molecule has 0 N–H and O–H groups in total. The van der Waals surface area contributed by atoms with Gasteiger partial charge in [-0.2, -0.15) is 0 Å². The Morgan fingerprint density at radius 2 is 1.86 bits per heavy atom. The molecule has 29 heavy (non-hydrogen) atoms. The van der Waals surface area contributed by atoms with Crippen LogP contribution in [0.3, 0.4) is 0 Å². The Hall–Kier alpha value is -2.84. The Bertz CT molecular complexity index is 1200. The number of morpholine rings is 1. The summed E-state index contributed by atoms with van der Waals surface area (Å²) < 4.78 is 46.6. The second kappa shape index (κ2) is 7.53. The number of hydrogen-bond donors (Lipinski definition) is 0. The van der Waals surface area contributed by atoms with Crippen molar-refractivity contribution in [2.24, 2.45) is 0 Å². The largest absolute Gasteiger partial charge is 0.378 e. The average Bonchev–Trinajstić information content (AvgIpc) is 2.73. The molecule has 150 valence electrons. The summed E-state index contributed by atoms with van der Waals surface area (Å²) in [7, 11) is -4.11. The fourth-order valence-corrected chi connectivity index (χ4v) is 5.34. The first-order chi connectivity index (χ1) is 13.9. The van der Waals surface area contributed by atoms with E-state index < -0.39 is 21.6 Å².